The molecule has 0 aromatic heterocycles. The van der Waals surface area contributed by atoms with Gasteiger partial charge in [0.05, 0.1) is 11.1 Å². The maximum atomic E-state index is 11.1. The first kappa shape index (κ1) is 58.0. The minimum absolute atomic E-state index is 0.138. The highest BCUT2D eigenvalue weighted by Crippen LogP contribution is 2.57. The fraction of sp³-hybridized carbons (Fsp3) is 0.200. The Morgan fingerprint density at radius 1 is 0.382 bits per heavy atom. The maximum absolute atomic E-state index is 11.1. The molecule has 0 atom stereocenters. The molecule has 12 nitrogen and oxygen atoms in total. The Morgan fingerprint density at radius 3 is 1.38 bits per heavy atom. The monoisotopic (exact) mass is 1180 g/mol. The van der Waals surface area contributed by atoms with Crippen molar-refractivity contribution in [2.45, 2.75) is 97.8 Å². The molecule has 0 saturated heterocycles. The normalized spacial score (nSPS) is 13.8. The van der Waals surface area contributed by atoms with E-state index in [0.29, 0.717) is 17.1 Å². The number of rotatable bonds is 7. The lowest BCUT2D eigenvalue weighted by molar-refractivity contribution is 0.330. The summed E-state index contributed by atoms with van der Waals surface area (Å²) in [4.78, 5) is 6.87. The molecule has 13 rings (SSSR count). The summed E-state index contributed by atoms with van der Waals surface area (Å²) < 4.78 is 0. The number of anilines is 9. The number of phenols is 9. The standard InChI is InChI=1S/C75H69B2N3O9/c1-72(2,3)41-20-27-46(28-21-41)79-56-38-48(78(44-23-16-39(17-24-44)59-63(81)67(85)61(76)68(86)64(59)82)45-25-18-40(19-26-45)60-65(83)69(87)71(89)70(88)66(60)84)30-32-53(56)77-54-34-42(73(4,5)6)22-33-55(54)80(58-36-43(74(7,8)9)35-57(79)62(58)77)47-29-31-52-50(37-47)49-14-12-13-15-51(49)75(52,10)11/h12-38,81-89H,1-11H3. The van der Waals surface area contributed by atoms with Gasteiger partial charge in [-0.1, -0.05) is 161 Å². The molecule has 2 radical (unpaired) electrons. The SMILES string of the molecule is [B]c1c(O)c(O)c(-c2ccc(N(c3ccc(-c4c(O)c(O)c(O)c(O)c4O)cc3)c3ccc4c(c3)N(c3ccc(C(C)(C)C)cc3)c3cc(C(C)(C)C)cc5c3B4c3cc(C(C)(C)C)ccc3N5c3ccc4c(c3)-c3ccccc3C4(C)C)cc2)c(O)c1O. The molecule has 0 bridgehead atoms. The molecule has 14 heteroatoms. The summed E-state index contributed by atoms with van der Waals surface area (Å²) in [5, 5.41) is 97.3. The van der Waals surface area contributed by atoms with Crippen LogP contribution in [0, 0.1) is 0 Å². The summed E-state index contributed by atoms with van der Waals surface area (Å²) in [6, 6.07) is 56.3. The number of benzene rings is 10. The second-order valence-corrected chi connectivity index (χ2v) is 27.5. The number of aromatic hydroxyl groups is 9. The Kier molecular flexibility index (Phi) is 13.0. The van der Waals surface area contributed by atoms with Crippen LogP contribution in [0.4, 0.5) is 51.2 Å². The molecular weight excluding hydrogens is 1110 g/mol. The first-order valence-electron chi connectivity index (χ1n) is 29.8. The van der Waals surface area contributed by atoms with E-state index in [1.807, 2.05) is 4.90 Å². The predicted molar refractivity (Wildman–Crippen MR) is 360 cm³/mol. The Hall–Kier alpha value is -10.1. The van der Waals surface area contributed by atoms with Crippen LogP contribution in [0.1, 0.15) is 104 Å². The average Bonchev–Trinajstić information content (AvgIpc) is 0.885. The highest BCUT2D eigenvalue weighted by Gasteiger charge is 2.46. The van der Waals surface area contributed by atoms with Gasteiger partial charge in [-0.25, -0.2) is 0 Å². The van der Waals surface area contributed by atoms with Crippen molar-refractivity contribution in [3.63, 3.8) is 0 Å². The van der Waals surface area contributed by atoms with E-state index in [2.05, 4.69) is 201 Å². The lowest BCUT2D eigenvalue weighted by Crippen LogP contribution is -2.61. The van der Waals surface area contributed by atoms with Gasteiger partial charge in [0.15, 0.2) is 34.5 Å². The van der Waals surface area contributed by atoms with Gasteiger partial charge in [-0.3, -0.25) is 0 Å². The number of hydrogen-bond donors (Lipinski definition) is 9. The minimum atomic E-state index is -1.07. The van der Waals surface area contributed by atoms with Gasteiger partial charge in [-0.2, -0.15) is 0 Å². The average molecular weight is 1180 g/mol. The molecule has 9 N–H and O–H groups in total. The van der Waals surface area contributed by atoms with E-state index >= 15 is 0 Å². The van der Waals surface area contributed by atoms with Gasteiger partial charge in [-0.15, -0.1) is 0 Å². The first-order valence-corrected chi connectivity index (χ1v) is 29.8. The molecule has 10 aromatic rings. The van der Waals surface area contributed by atoms with Gasteiger partial charge in [0.25, 0.3) is 6.71 Å². The van der Waals surface area contributed by atoms with Crippen molar-refractivity contribution in [3.05, 3.63) is 192 Å². The highest BCUT2D eigenvalue weighted by molar-refractivity contribution is 7.00. The zero-order valence-electron chi connectivity index (χ0n) is 51.6. The van der Waals surface area contributed by atoms with Crippen molar-refractivity contribution in [3.8, 4) is 85.1 Å². The summed E-state index contributed by atoms with van der Waals surface area (Å²) in [6.45, 7) is 24.5. The van der Waals surface area contributed by atoms with Crippen molar-refractivity contribution in [2.75, 3.05) is 14.7 Å². The van der Waals surface area contributed by atoms with E-state index in [0.717, 1.165) is 56.1 Å². The van der Waals surface area contributed by atoms with Gasteiger partial charge < -0.3 is 60.7 Å². The second kappa shape index (κ2) is 20.0. The molecule has 89 heavy (non-hydrogen) atoms. The molecule has 0 unspecified atom stereocenters. The summed E-state index contributed by atoms with van der Waals surface area (Å²) in [6.07, 6.45) is 0. The minimum Gasteiger partial charge on any atom is -0.505 e. The van der Waals surface area contributed by atoms with E-state index in [1.54, 1.807) is 48.5 Å². The quantitative estimate of drug-likeness (QED) is 0.0417. The molecule has 0 saturated carbocycles. The molecule has 0 fully saturated rings. The van der Waals surface area contributed by atoms with E-state index < -0.39 is 57.2 Å². The second-order valence-electron chi connectivity index (χ2n) is 27.5. The Bertz CT molecular complexity index is 4430. The van der Waals surface area contributed by atoms with E-state index in [-0.39, 0.29) is 50.6 Å². The fourth-order valence-corrected chi connectivity index (χ4v) is 13.5. The fourth-order valence-electron chi connectivity index (χ4n) is 13.5. The largest absolute Gasteiger partial charge is 0.505 e. The Labute approximate surface area is 520 Å². The Morgan fingerprint density at radius 2 is 0.843 bits per heavy atom. The zero-order chi connectivity index (χ0) is 63.5. The van der Waals surface area contributed by atoms with E-state index in [4.69, 9.17) is 7.85 Å². The van der Waals surface area contributed by atoms with E-state index in [1.165, 1.54) is 33.4 Å². The van der Waals surface area contributed by atoms with Crippen molar-refractivity contribution in [1.29, 1.82) is 0 Å². The van der Waals surface area contributed by atoms with Gasteiger partial charge >= 0.3 is 0 Å². The van der Waals surface area contributed by atoms with Crippen molar-refractivity contribution in [1.82, 2.24) is 0 Å². The van der Waals surface area contributed by atoms with Gasteiger partial charge in [-0.05, 0) is 167 Å². The summed E-state index contributed by atoms with van der Waals surface area (Å²) >= 11 is 0. The molecule has 0 amide bonds. The third-order valence-corrected chi connectivity index (χ3v) is 18.5. The molecule has 10 aromatic carbocycles. The molecule has 444 valence electrons. The summed E-state index contributed by atoms with van der Waals surface area (Å²) in [5.74, 6) is -7.76. The van der Waals surface area contributed by atoms with Crippen LogP contribution in [0.25, 0.3) is 33.4 Å². The van der Waals surface area contributed by atoms with Crippen LogP contribution in [0.15, 0.2) is 164 Å². The highest BCUT2D eigenvalue weighted by atomic mass is 16.4. The molecule has 3 aliphatic rings. The topological polar surface area (TPSA) is 192 Å². The van der Waals surface area contributed by atoms with Gasteiger partial charge in [0.1, 0.15) is 7.85 Å². The van der Waals surface area contributed by atoms with Crippen molar-refractivity contribution in [2.24, 2.45) is 0 Å². The van der Waals surface area contributed by atoms with Crippen molar-refractivity contribution < 1.29 is 46.0 Å². The molecular formula is C75H69B2N3O9. The lowest BCUT2D eigenvalue weighted by Gasteiger charge is -2.45. The zero-order valence-corrected chi connectivity index (χ0v) is 51.6. The third-order valence-electron chi connectivity index (χ3n) is 18.5. The number of phenolic OH excluding ortho intramolecular Hbond substituents is 9. The van der Waals surface area contributed by atoms with E-state index in [9.17, 15) is 46.0 Å². The van der Waals surface area contributed by atoms with Crippen LogP contribution in [-0.4, -0.2) is 60.5 Å². The van der Waals surface area contributed by atoms with Gasteiger partial charge in [0.2, 0.25) is 17.2 Å². The first-order chi connectivity index (χ1) is 42.0. The third kappa shape index (κ3) is 8.96. The van der Waals surface area contributed by atoms with Crippen LogP contribution in [-0.2, 0) is 21.7 Å². The van der Waals surface area contributed by atoms with Crippen LogP contribution >= 0.6 is 0 Å². The Balaban J connectivity index is 1.07. The smallest absolute Gasteiger partial charge is 0.252 e. The number of hydrogen-bond acceptors (Lipinski definition) is 12. The predicted octanol–water partition coefficient (Wildman–Crippen LogP) is 14.9. The van der Waals surface area contributed by atoms with Crippen LogP contribution < -0.4 is 36.6 Å². The van der Waals surface area contributed by atoms with Crippen LogP contribution in [0.5, 0.6) is 51.7 Å². The number of fused-ring (bicyclic) bond motifs is 7. The molecule has 1 aliphatic carbocycles. The molecule has 2 heterocycles. The molecule has 2 aliphatic heterocycles. The van der Waals surface area contributed by atoms with Gasteiger partial charge in [0, 0.05) is 56.6 Å². The number of nitrogens with zero attached hydrogens (tertiary/aromatic N) is 3. The van der Waals surface area contributed by atoms with Crippen LogP contribution in [0.3, 0.4) is 0 Å². The lowest BCUT2D eigenvalue weighted by atomic mass is 9.33. The summed E-state index contributed by atoms with van der Waals surface area (Å²) in [5.41, 5.74) is 18.3. The molecule has 0 spiro atoms. The maximum Gasteiger partial charge on any atom is 0.252 e. The van der Waals surface area contributed by atoms with Crippen molar-refractivity contribution >= 4 is 87.6 Å². The van der Waals surface area contributed by atoms with Crippen LogP contribution in [0.2, 0.25) is 0 Å². The summed E-state index contributed by atoms with van der Waals surface area (Å²) in [7, 11) is 5.83.